The molecule has 0 aliphatic rings. The van der Waals surface area contributed by atoms with Gasteiger partial charge in [0.15, 0.2) is 0 Å². The number of hydrogen-bond donors (Lipinski definition) is 3. The number of carbonyl (C=O) groups is 2. The molecule has 0 spiro atoms. The van der Waals surface area contributed by atoms with E-state index in [1.807, 2.05) is 35.8 Å². The summed E-state index contributed by atoms with van der Waals surface area (Å²) in [7, 11) is 1.32. The number of hydrogen-bond acceptors (Lipinski definition) is 5. The van der Waals surface area contributed by atoms with E-state index in [4.69, 9.17) is 11.5 Å². The van der Waals surface area contributed by atoms with Gasteiger partial charge in [-0.2, -0.15) is 0 Å². The number of primary amides is 1. The molecule has 2 aromatic heterocycles. The van der Waals surface area contributed by atoms with Crippen molar-refractivity contribution in [2.24, 2.45) is 5.73 Å². The molecule has 2 amide bonds. The van der Waals surface area contributed by atoms with Crippen molar-refractivity contribution in [3.05, 3.63) is 35.9 Å². The van der Waals surface area contributed by atoms with Crippen LogP contribution in [0.15, 0.2) is 30.3 Å². The third-order valence-electron chi connectivity index (χ3n) is 4.04. The number of benzene rings is 1. The number of methoxy groups -OCH3 is 1. The molecule has 1 unspecified atom stereocenters. The zero-order valence-electron chi connectivity index (χ0n) is 13.9. The molecule has 0 fully saturated rings. The Hall–Kier alpha value is -3.29. The smallest absolute Gasteiger partial charge is 0.407 e. The first-order valence-corrected chi connectivity index (χ1v) is 7.74. The van der Waals surface area contributed by atoms with E-state index in [2.05, 4.69) is 15.0 Å². The number of pyridine rings is 1. The summed E-state index contributed by atoms with van der Waals surface area (Å²) in [5.41, 5.74) is 13.0. The monoisotopic (exact) mass is 341 g/mol. The second-order valence-corrected chi connectivity index (χ2v) is 5.82. The Kier molecular flexibility index (Phi) is 4.18. The van der Waals surface area contributed by atoms with Gasteiger partial charge in [0.2, 0.25) is 0 Å². The number of anilines is 1. The summed E-state index contributed by atoms with van der Waals surface area (Å²) in [4.78, 5) is 27.4. The van der Waals surface area contributed by atoms with Crippen LogP contribution in [0.5, 0.6) is 0 Å². The number of rotatable bonds is 4. The lowest BCUT2D eigenvalue weighted by molar-refractivity contribution is 0.100. The molecule has 8 heteroatoms. The van der Waals surface area contributed by atoms with Gasteiger partial charge < -0.3 is 26.1 Å². The van der Waals surface area contributed by atoms with E-state index in [0.717, 1.165) is 16.3 Å². The summed E-state index contributed by atoms with van der Waals surface area (Å²) < 4.78 is 6.58. The van der Waals surface area contributed by atoms with Gasteiger partial charge in [-0.05, 0) is 19.1 Å². The van der Waals surface area contributed by atoms with Crippen molar-refractivity contribution in [3.63, 3.8) is 0 Å². The number of nitrogen functional groups attached to an aromatic ring is 1. The molecule has 8 nitrogen and oxygen atoms in total. The van der Waals surface area contributed by atoms with Crippen molar-refractivity contribution in [1.29, 1.82) is 0 Å². The van der Waals surface area contributed by atoms with E-state index < -0.39 is 12.0 Å². The molecule has 3 aromatic rings. The Labute approximate surface area is 143 Å². The van der Waals surface area contributed by atoms with Gasteiger partial charge in [0.05, 0.1) is 18.2 Å². The normalized spacial score (nSPS) is 12.2. The van der Waals surface area contributed by atoms with Gasteiger partial charge in [-0.3, -0.25) is 4.79 Å². The summed E-state index contributed by atoms with van der Waals surface area (Å²) in [5, 5.41) is 4.44. The molecule has 0 radical (unpaired) electrons. The lowest BCUT2D eigenvalue weighted by Gasteiger charge is -2.15. The van der Waals surface area contributed by atoms with Crippen LogP contribution in [0.1, 0.15) is 17.3 Å². The van der Waals surface area contributed by atoms with Crippen molar-refractivity contribution in [2.45, 2.75) is 19.5 Å². The predicted molar refractivity (Wildman–Crippen MR) is 95.2 cm³/mol. The number of alkyl carbamates (subject to hydrolysis) is 1. The minimum atomic E-state index is -0.621. The van der Waals surface area contributed by atoms with Gasteiger partial charge in [-0.15, -0.1) is 0 Å². The van der Waals surface area contributed by atoms with Crippen molar-refractivity contribution in [3.8, 4) is 0 Å². The SMILES string of the molecule is COC(=O)NC(C)Cn1c2ccccc2c2cc(C(N)=O)c(N)nc21. The van der Waals surface area contributed by atoms with Crippen LogP contribution in [0, 0.1) is 0 Å². The Morgan fingerprint density at radius 2 is 2.04 bits per heavy atom. The first kappa shape index (κ1) is 16.6. The Bertz CT molecular complexity index is 979. The standard InChI is InChI=1S/C17H19N5O3/c1-9(20-17(24)25-2)8-22-13-6-4-3-5-10(13)11-7-12(15(19)23)14(18)21-16(11)22/h3-7,9H,8H2,1-2H3,(H2,18,21)(H2,19,23)(H,20,24). The molecule has 0 saturated heterocycles. The molecule has 0 saturated carbocycles. The van der Waals surface area contributed by atoms with Crippen molar-refractivity contribution < 1.29 is 14.3 Å². The first-order chi connectivity index (χ1) is 11.9. The van der Waals surface area contributed by atoms with Crippen LogP contribution in [0.3, 0.4) is 0 Å². The van der Waals surface area contributed by atoms with Gasteiger partial charge >= 0.3 is 6.09 Å². The third-order valence-corrected chi connectivity index (χ3v) is 4.04. The number of carbonyl (C=O) groups excluding carboxylic acids is 2. The number of para-hydroxylation sites is 1. The van der Waals surface area contributed by atoms with Crippen LogP contribution in [-0.4, -0.2) is 34.7 Å². The van der Waals surface area contributed by atoms with Crippen molar-refractivity contribution in [2.75, 3.05) is 12.8 Å². The summed E-state index contributed by atoms with van der Waals surface area (Å²) in [6, 6.07) is 9.16. The summed E-state index contributed by atoms with van der Waals surface area (Å²) in [5.74, 6) is -0.540. The third kappa shape index (κ3) is 2.93. The molecule has 2 heterocycles. The van der Waals surface area contributed by atoms with Crippen LogP contribution in [0.25, 0.3) is 21.9 Å². The Balaban J connectivity index is 2.17. The minimum absolute atomic E-state index is 0.0811. The fraction of sp³-hybridized carbons (Fsp3) is 0.235. The number of nitrogens with zero attached hydrogens (tertiary/aromatic N) is 2. The van der Waals surface area contributed by atoms with E-state index >= 15 is 0 Å². The summed E-state index contributed by atoms with van der Waals surface area (Å²) >= 11 is 0. The predicted octanol–water partition coefficient (Wildman–Crippen LogP) is 1.62. The topological polar surface area (TPSA) is 125 Å². The highest BCUT2D eigenvalue weighted by Gasteiger charge is 2.18. The van der Waals surface area contributed by atoms with Crippen LogP contribution in [0.2, 0.25) is 0 Å². The number of nitrogens with one attached hydrogen (secondary N) is 1. The van der Waals surface area contributed by atoms with Gasteiger partial charge in [0, 0.05) is 23.4 Å². The molecule has 25 heavy (non-hydrogen) atoms. The van der Waals surface area contributed by atoms with Gasteiger partial charge in [0.1, 0.15) is 11.5 Å². The average molecular weight is 341 g/mol. The molecule has 0 aliphatic heterocycles. The molecular formula is C17H19N5O3. The second-order valence-electron chi connectivity index (χ2n) is 5.82. The van der Waals surface area contributed by atoms with Gasteiger partial charge in [-0.1, -0.05) is 18.2 Å². The molecule has 130 valence electrons. The fourth-order valence-electron chi connectivity index (χ4n) is 2.93. The quantitative estimate of drug-likeness (QED) is 0.665. The molecule has 1 atom stereocenters. The average Bonchev–Trinajstić information content (AvgIpc) is 2.87. The number of ether oxygens (including phenoxy) is 1. The maximum absolute atomic E-state index is 11.6. The molecule has 1 aromatic carbocycles. The van der Waals surface area contributed by atoms with Crippen molar-refractivity contribution >= 4 is 39.8 Å². The maximum atomic E-state index is 11.6. The zero-order chi connectivity index (χ0) is 18.1. The highest BCUT2D eigenvalue weighted by atomic mass is 16.5. The maximum Gasteiger partial charge on any atom is 0.407 e. The first-order valence-electron chi connectivity index (χ1n) is 7.74. The Morgan fingerprint density at radius 3 is 2.72 bits per heavy atom. The minimum Gasteiger partial charge on any atom is -0.453 e. The number of aromatic nitrogens is 2. The number of fused-ring (bicyclic) bond motifs is 3. The highest BCUT2D eigenvalue weighted by molar-refractivity contribution is 6.10. The van der Waals surface area contributed by atoms with E-state index in [1.54, 1.807) is 6.07 Å². The van der Waals surface area contributed by atoms with Gasteiger partial charge in [-0.25, -0.2) is 9.78 Å². The van der Waals surface area contributed by atoms with E-state index in [9.17, 15) is 9.59 Å². The second kappa shape index (κ2) is 6.31. The van der Waals surface area contributed by atoms with Crippen LogP contribution in [-0.2, 0) is 11.3 Å². The van der Waals surface area contributed by atoms with E-state index in [-0.39, 0.29) is 17.4 Å². The van der Waals surface area contributed by atoms with Gasteiger partial charge in [0.25, 0.3) is 5.91 Å². The zero-order valence-corrected chi connectivity index (χ0v) is 13.9. The van der Waals surface area contributed by atoms with Crippen LogP contribution in [0.4, 0.5) is 10.6 Å². The molecule has 5 N–H and O–H groups in total. The highest BCUT2D eigenvalue weighted by Crippen LogP contribution is 2.30. The lowest BCUT2D eigenvalue weighted by atomic mass is 10.1. The Morgan fingerprint density at radius 1 is 1.32 bits per heavy atom. The molecular weight excluding hydrogens is 322 g/mol. The number of nitrogens with two attached hydrogens (primary N) is 2. The summed E-state index contributed by atoms with van der Waals surface area (Å²) in [6.45, 7) is 2.32. The van der Waals surface area contributed by atoms with E-state index in [1.165, 1.54) is 7.11 Å². The molecule has 0 aliphatic carbocycles. The molecule has 0 bridgehead atoms. The van der Waals surface area contributed by atoms with E-state index in [0.29, 0.717) is 12.2 Å². The van der Waals surface area contributed by atoms with Crippen LogP contribution >= 0.6 is 0 Å². The lowest BCUT2D eigenvalue weighted by Crippen LogP contribution is -2.35. The van der Waals surface area contributed by atoms with Crippen LogP contribution < -0.4 is 16.8 Å². The summed E-state index contributed by atoms with van der Waals surface area (Å²) in [6.07, 6.45) is -0.503. The number of amides is 2. The fourth-order valence-corrected chi connectivity index (χ4v) is 2.93. The largest absolute Gasteiger partial charge is 0.453 e. The van der Waals surface area contributed by atoms with Crippen molar-refractivity contribution in [1.82, 2.24) is 14.9 Å². The molecule has 3 rings (SSSR count).